The Morgan fingerprint density at radius 1 is 1.17 bits per heavy atom. The largest absolute Gasteiger partial charge is 0.336 e. The molecule has 0 unspecified atom stereocenters. The molecule has 2 rings (SSSR count). The van der Waals surface area contributed by atoms with Gasteiger partial charge in [-0.1, -0.05) is 34.5 Å². The van der Waals surface area contributed by atoms with E-state index >= 15 is 0 Å². The first-order chi connectivity index (χ1) is 8.52. The molecule has 0 fully saturated rings. The summed E-state index contributed by atoms with van der Waals surface area (Å²) in [6.07, 6.45) is 0.700. The molecule has 0 amide bonds. The highest BCUT2D eigenvalue weighted by Crippen LogP contribution is 2.13. The van der Waals surface area contributed by atoms with E-state index in [4.69, 9.17) is 4.52 Å². The molecule has 1 aromatic heterocycles. The van der Waals surface area contributed by atoms with Gasteiger partial charge in [-0.25, -0.2) is 0 Å². The van der Waals surface area contributed by atoms with Crippen LogP contribution in [0.15, 0.2) is 22.7 Å². The second kappa shape index (κ2) is 5.21. The summed E-state index contributed by atoms with van der Waals surface area (Å²) in [7, 11) is 0. The van der Waals surface area contributed by atoms with E-state index in [9.17, 15) is 0 Å². The summed E-state index contributed by atoms with van der Waals surface area (Å²) in [6, 6.07) is 7.24. The van der Waals surface area contributed by atoms with Gasteiger partial charge in [0.05, 0.1) is 0 Å². The van der Waals surface area contributed by atoms with Crippen molar-refractivity contribution >= 4 is 6.01 Å². The minimum Gasteiger partial charge on any atom is -0.336 e. The summed E-state index contributed by atoms with van der Waals surface area (Å²) in [5, 5.41) is 7.07. The topological polar surface area (TPSA) is 51.0 Å². The second-order valence-electron chi connectivity index (χ2n) is 4.99. The van der Waals surface area contributed by atoms with Gasteiger partial charge in [0.2, 0.25) is 0 Å². The van der Waals surface area contributed by atoms with Gasteiger partial charge in [-0.05, 0) is 33.3 Å². The number of aryl methyl sites for hydroxylation is 2. The predicted molar refractivity (Wildman–Crippen MR) is 71.8 cm³/mol. The van der Waals surface area contributed by atoms with E-state index in [1.54, 1.807) is 0 Å². The van der Waals surface area contributed by atoms with Crippen molar-refractivity contribution < 1.29 is 4.52 Å². The number of hydrogen-bond acceptors (Lipinski definition) is 4. The lowest BCUT2D eigenvalue weighted by Crippen LogP contribution is -2.09. The molecule has 0 bridgehead atoms. The number of anilines is 1. The summed E-state index contributed by atoms with van der Waals surface area (Å²) in [5.74, 6) is 0.711. The van der Waals surface area contributed by atoms with Crippen molar-refractivity contribution in [1.82, 2.24) is 10.1 Å². The molecule has 18 heavy (non-hydrogen) atoms. The summed E-state index contributed by atoms with van der Waals surface area (Å²) >= 11 is 0. The van der Waals surface area contributed by atoms with Crippen LogP contribution in [0.3, 0.4) is 0 Å². The van der Waals surface area contributed by atoms with Gasteiger partial charge in [0, 0.05) is 12.5 Å². The van der Waals surface area contributed by atoms with Crippen molar-refractivity contribution in [3.63, 3.8) is 0 Å². The molecule has 0 radical (unpaired) electrons. The molecule has 2 aromatic rings. The Morgan fingerprint density at radius 3 is 2.44 bits per heavy atom. The van der Waals surface area contributed by atoms with Crippen molar-refractivity contribution in [2.45, 2.75) is 40.2 Å². The van der Waals surface area contributed by atoms with Gasteiger partial charge in [-0.2, -0.15) is 4.98 Å². The summed E-state index contributed by atoms with van der Waals surface area (Å²) < 4.78 is 5.14. The van der Waals surface area contributed by atoms with E-state index in [1.165, 1.54) is 16.7 Å². The summed E-state index contributed by atoms with van der Waals surface area (Å²) in [4.78, 5) is 4.32. The molecule has 0 atom stereocenters. The Morgan fingerprint density at radius 2 is 1.83 bits per heavy atom. The zero-order valence-corrected chi connectivity index (χ0v) is 11.3. The maximum atomic E-state index is 5.14. The van der Waals surface area contributed by atoms with Crippen molar-refractivity contribution in [3.05, 3.63) is 40.7 Å². The highest BCUT2D eigenvalue weighted by Gasteiger charge is 2.08. The molecule has 0 spiro atoms. The number of rotatable bonds is 4. The van der Waals surface area contributed by atoms with Gasteiger partial charge in [-0.3, -0.25) is 0 Å². The Kier molecular flexibility index (Phi) is 3.65. The van der Waals surface area contributed by atoms with Crippen LogP contribution < -0.4 is 5.32 Å². The summed E-state index contributed by atoms with van der Waals surface area (Å²) in [6.45, 7) is 8.26. The Balaban J connectivity index is 2.11. The number of hydrogen-bond donors (Lipinski definition) is 1. The maximum absolute atomic E-state index is 5.14. The first-order valence-electron chi connectivity index (χ1n) is 6.19. The monoisotopic (exact) mass is 245 g/mol. The van der Waals surface area contributed by atoms with E-state index in [0.717, 1.165) is 0 Å². The molecular weight excluding hydrogens is 226 g/mol. The SMILES string of the molecule is Cc1cc(C)cc(Cc2noc(NC(C)C)n2)c1. The third-order valence-electron chi connectivity index (χ3n) is 2.52. The highest BCUT2D eigenvalue weighted by molar-refractivity contribution is 5.31. The second-order valence-corrected chi connectivity index (χ2v) is 4.99. The lowest BCUT2D eigenvalue weighted by Gasteiger charge is -2.02. The first-order valence-corrected chi connectivity index (χ1v) is 6.19. The van der Waals surface area contributed by atoms with E-state index < -0.39 is 0 Å². The van der Waals surface area contributed by atoms with Crippen LogP contribution in [0.4, 0.5) is 6.01 Å². The maximum Gasteiger partial charge on any atom is 0.321 e. The van der Waals surface area contributed by atoms with Crippen molar-refractivity contribution in [3.8, 4) is 0 Å². The van der Waals surface area contributed by atoms with Crippen LogP contribution in [0.2, 0.25) is 0 Å². The van der Waals surface area contributed by atoms with Crippen LogP contribution in [-0.2, 0) is 6.42 Å². The predicted octanol–water partition coefficient (Wildman–Crippen LogP) is 3.10. The third kappa shape index (κ3) is 3.32. The molecule has 4 nitrogen and oxygen atoms in total. The Bertz CT molecular complexity index is 511. The van der Waals surface area contributed by atoms with Crippen LogP contribution >= 0.6 is 0 Å². The average molecular weight is 245 g/mol. The van der Waals surface area contributed by atoms with Gasteiger partial charge in [-0.15, -0.1) is 0 Å². The molecule has 0 aliphatic rings. The van der Waals surface area contributed by atoms with Gasteiger partial charge in [0.1, 0.15) is 0 Å². The molecule has 0 aliphatic heterocycles. The summed E-state index contributed by atoms with van der Waals surface area (Å²) in [5.41, 5.74) is 3.73. The normalized spacial score (nSPS) is 10.9. The molecular formula is C14H19N3O. The standard InChI is InChI=1S/C14H19N3O/c1-9(2)15-14-16-13(17-18-14)8-12-6-10(3)5-11(4)7-12/h5-7,9H,8H2,1-4H3,(H,15,16,17). The van der Waals surface area contributed by atoms with Crippen LogP contribution in [0.5, 0.6) is 0 Å². The number of benzene rings is 1. The minimum atomic E-state index is 0.291. The average Bonchev–Trinajstić information content (AvgIpc) is 2.62. The molecule has 1 heterocycles. The zero-order valence-electron chi connectivity index (χ0n) is 11.3. The van der Waals surface area contributed by atoms with E-state index in [2.05, 4.69) is 47.5 Å². The van der Waals surface area contributed by atoms with Crippen LogP contribution in [-0.4, -0.2) is 16.2 Å². The number of aromatic nitrogens is 2. The first kappa shape index (κ1) is 12.6. The zero-order chi connectivity index (χ0) is 13.1. The quantitative estimate of drug-likeness (QED) is 0.899. The highest BCUT2D eigenvalue weighted by atomic mass is 16.5. The van der Waals surface area contributed by atoms with Crippen LogP contribution in [0.1, 0.15) is 36.4 Å². The Labute approximate surface area is 107 Å². The molecule has 96 valence electrons. The van der Waals surface area contributed by atoms with Crippen molar-refractivity contribution in [1.29, 1.82) is 0 Å². The fourth-order valence-electron chi connectivity index (χ4n) is 1.98. The van der Waals surface area contributed by atoms with Gasteiger partial charge in [0.15, 0.2) is 5.82 Å². The third-order valence-corrected chi connectivity index (χ3v) is 2.52. The number of nitrogens with one attached hydrogen (secondary N) is 1. The fourth-order valence-corrected chi connectivity index (χ4v) is 1.98. The minimum absolute atomic E-state index is 0.291. The smallest absolute Gasteiger partial charge is 0.321 e. The fraction of sp³-hybridized carbons (Fsp3) is 0.429. The molecule has 1 aromatic carbocycles. The Hall–Kier alpha value is -1.84. The molecule has 4 heteroatoms. The molecule has 1 N–H and O–H groups in total. The molecule has 0 aliphatic carbocycles. The van der Waals surface area contributed by atoms with E-state index in [1.807, 2.05) is 13.8 Å². The van der Waals surface area contributed by atoms with Crippen LogP contribution in [0.25, 0.3) is 0 Å². The van der Waals surface area contributed by atoms with E-state index in [0.29, 0.717) is 24.3 Å². The van der Waals surface area contributed by atoms with Crippen molar-refractivity contribution in [2.75, 3.05) is 5.32 Å². The van der Waals surface area contributed by atoms with Gasteiger partial charge >= 0.3 is 6.01 Å². The number of nitrogens with zero attached hydrogens (tertiary/aromatic N) is 2. The molecule has 0 saturated heterocycles. The van der Waals surface area contributed by atoms with Crippen LogP contribution in [0, 0.1) is 13.8 Å². The molecule has 0 saturated carbocycles. The van der Waals surface area contributed by atoms with Gasteiger partial charge in [0.25, 0.3) is 0 Å². The van der Waals surface area contributed by atoms with Crippen molar-refractivity contribution in [2.24, 2.45) is 0 Å². The lowest BCUT2D eigenvalue weighted by molar-refractivity contribution is 0.421. The van der Waals surface area contributed by atoms with E-state index in [-0.39, 0.29) is 0 Å². The van der Waals surface area contributed by atoms with Gasteiger partial charge < -0.3 is 9.84 Å². The lowest BCUT2D eigenvalue weighted by atomic mass is 10.1.